The molecule has 0 radical (unpaired) electrons. The molecule has 0 amide bonds. The van der Waals surface area contributed by atoms with Gasteiger partial charge in [0.15, 0.2) is 11.6 Å². The summed E-state index contributed by atoms with van der Waals surface area (Å²) in [5, 5.41) is 0. The summed E-state index contributed by atoms with van der Waals surface area (Å²) in [5.41, 5.74) is -1.07. The maximum atomic E-state index is 14.8. The van der Waals surface area contributed by atoms with E-state index in [9.17, 15) is 39.5 Å². The number of ether oxygens (including phenoxy) is 3. The zero-order valence-electron chi connectivity index (χ0n) is 21.4. The molecule has 0 N–H and O–H groups in total. The maximum Gasteiger partial charge on any atom is 0.432 e. The fourth-order valence-electron chi connectivity index (χ4n) is 4.90. The molecular formula is C29H23F9O3. The summed E-state index contributed by atoms with van der Waals surface area (Å²) in [6, 6.07) is 5.16. The highest BCUT2D eigenvalue weighted by atomic mass is 19.3. The van der Waals surface area contributed by atoms with Crippen LogP contribution in [0.2, 0.25) is 0 Å². The Labute approximate surface area is 229 Å². The van der Waals surface area contributed by atoms with Crippen LogP contribution in [0.5, 0.6) is 17.2 Å². The predicted octanol–water partition coefficient (Wildman–Crippen LogP) is 9.63. The molecule has 3 aromatic carbocycles. The van der Waals surface area contributed by atoms with Gasteiger partial charge in [0.1, 0.15) is 34.5 Å². The maximum absolute atomic E-state index is 14.8. The summed E-state index contributed by atoms with van der Waals surface area (Å²) in [4.78, 5) is 0. The fourth-order valence-corrected chi connectivity index (χ4v) is 4.90. The first-order valence-corrected chi connectivity index (χ1v) is 12.6. The van der Waals surface area contributed by atoms with Gasteiger partial charge in [-0.2, -0.15) is 22.0 Å². The van der Waals surface area contributed by atoms with E-state index in [1.165, 1.54) is 6.07 Å². The van der Waals surface area contributed by atoms with Crippen molar-refractivity contribution >= 4 is 0 Å². The van der Waals surface area contributed by atoms with Gasteiger partial charge in [0.2, 0.25) is 0 Å². The van der Waals surface area contributed by atoms with Gasteiger partial charge in [0.05, 0.1) is 6.61 Å². The lowest BCUT2D eigenvalue weighted by Gasteiger charge is -2.30. The zero-order chi connectivity index (χ0) is 29.9. The molecule has 0 unspecified atom stereocenters. The summed E-state index contributed by atoms with van der Waals surface area (Å²) in [6.45, 7) is 2.17. The number of benzene rings is 3. The molecule has 4 rings (SSSR count). The highest BCUT2D eigenvalue weighted by Crippen LogP contribution is 2.43. The van der Waals surface area contributed by atoms with E-state index in [2.05, 4.69) is 9.47 Å². The summed E-state index contributed by atoms with van der Waals surface area (Å²) in [5.74, 6) is -7.26. The Bertz CT molecular complexity index is 1410. The summed E-state index contributed by atoms with van der Waals surface area (Å²) in [7, 11) is 0. The molecule has 0 heterocycles. The molecule has 220 valence electrons. The molecule has 1 fully saturated rings. The molecule has 0 atom stereocenters. The lowest BCUT2D eigenvalue weighted by Crippen LogP contribution is -2.25. The Hall–Kier alpha value is -3.83. The third-order valence-electron chi connectivity index (χ3n) is 6.77. The summed E-state index contributed by atoms with van der Waals surface area (Å²) < 4.78 is 139. The van der Waals surface area contributed by atoms with Gasteiger partial charge in [-0.1, -0.05) is 6.07 Å². The minimum atomic E-state index is -4.61. The lowest BCUT2D eigenvalue weighted by atomic mass is 9.76. The first-order chi connectivity index (χ1) is 19.4. The average molecular weight is 590 g/mol. The van der Waals surface area contributed by atoms with Crippen LogP contribution in [0.25, 0.3) is 0 Å². The molecule has 0 bridgehead atoms. The van der Waals surface area contributed by atoms with E-state index in [0.717, 1.165) is 12.1 Å². The topological polar surface area (TPSA) is 27.7 Å². The number of halogens is 9. The van der Waals surface area contributed by atoms with Crippen molar-refractivity contribution in [3.63, 3.8) is 0 Å². The smallest absolute Gasteiger partial charge is 0.432 e. The van der Waals surface area contributed by atoms with Crippen molar-refractivity contribution in [1.29, 1.82) is 0 Å². The van der Waals surface area contributed by atoms with Crippen molar-refractivity contribution in [2.45, 2.75) is 50.6 Å². The second-order valence-corrected chi connectivity index (χ2v) is 9.37. The minimum absolute atomic E-state index is 0.130. The van der Waals surface area contributed by atoms with Crippen LogP contribution in [-0.4, -0.2) is 6.61 Å². The molecule has 0 saturated heterocycles. The predicted molar refractivity (Wildman–Crippen MR) is 130 cm³/mol. The van der Waals surface area contributed by atoms with Gasteiger partial charge in [0.25, 0.3) is 0 Å². The highest BCUT2D eigenvalue weighted by Gasteiger charge is 2.42. The second-order valence-electron chi connectivity index (χ2n) is 9.37. The molecule has 0 aromatic heterocycles. The molecular weight excluding hydrogens is 567 g/mol. The number of hydrogen-bond acceptors (Lipinski definition) is 3. The van der Waals surface area contributed by atoms with E-state index in [-0.39, 0.29) is 23.5 Å². The molecule has 1 aliphatic carbocycles. The molecule has 3 nitrogen and oxygen atoms in total. The van der Waals surface area contributed by atoms with E-state index in [1.807, 2.05) is 0 Å². The van der Waals surface area contributed by atoms with Gasteiger partial charge in [-0.05, 0) is 85.9 Å². The highest BCUT2D eigenvalue weighted by molar-refractivity contribution is 5.37. The van der Waals surface area contributed by atoms with E-state index in [0.29, 0.717) is 55.7 Å². The van der Waals surface area contributed by atoms with Crippen molar-refractivity contribution in [3.05, 3.63) is 101 Å². The van der Waals surface area contributed by atoms with Crippen LogP contribution in [0.4, 0.5) is 39.5 Å². The van der Waals surface area contributed by atoms with Crippen molar-refractivity contribution in [2.24, 2.45) is 0 Å². The van der Waals surface area contributed by atoms with Crippen molar-refractivity contribution in [1.82, 2.24) is 0 Å². The Morgan fingerprint density at radius 3 is 1.90 bits per heavy atom. The van der Waals surface area contributed by atoms with Crippen LogP contribution in [0.3, 0.4) is 0 Å². The molecule has 1 aliphatic rings. The van der Waals surface area contributed by atoms with Gasteiger partial charge in [0, 0.05) is 12.1 Å². The van der Waals surface area contributed by atoms with Crippen LogP contribution in [0.1, 0.15) is 61.1 Å². The van der Waals surface area contributed by atoms with Crippen molar-refractivity contribution < 1.29 is 53.7 Å². The Morgan fingerprint density at radius 1 is 0.756 bits per heavy atom. The van der Waals surface area contributed by atoms with E-state index in [1.54, 1.807) is 19.1 Å². The van der Waals surface area contributed by atoms with Crippen molar-refractivity contribution in [2.75, 3.05) is 6.61 Å². The lowest BCUT2D eigenvalue weighted by molar-refractivity contribution is -0.189. The Balaban J connectivity index is 1.46. The standard InChI is InChI=1S/C29H23F9O3/c1-2-39-18-7-9-20(21(30)13-18)16-5-3-15(4-6-16)17-11-23(32)26(24(33)12-17)29(37,38)41-19-8-10-25(22(31)14-19)40-28(36)27(34)35/h7-16H,2-6H2,1H3. The van der Waals surface area contributed by atoms with Gasteiger partial charge in [-0.25, -0.2) is 17.6 Å². The first-order valence-electron chi connectivity index (χ1n) is 12.6. The monoisotopic (exact) mass is 590 g/mol. The SMILES string of the molecule is CCOc1ccc(C2CCC(c3cc(F)c(C(F)(F)Oc4ccc(OC(F)=C(F)F)c(F)c4)c(F)c3)CC2)c(F)c1. The molecule has 41 heavy (non-hydrogen) atoms. The van der Waals surface area contributed by atoms with Crippen molar-refractivity contribution in [3.8, 4) is 17.2 Å². The summed E-state index contributed by atoms with van der Waals surface area (Å²) in [6.07, 6.45) is -5.62. The zero-order valence-corrected chi connectivity index (χ0v) is 21.4. The van der Waals surface area contributed by atoms with Gasteiger partial charge in [-0.15, -0.1) is 0 Å². The van der Waals surface area contributed by atoms with Gasteiger partial charge < -0.3 is 14.2 Å². The molecule has 3 aromatic rings. The van der Waals surface area contributed by atoms with E-state index >= 15 is 0 Å². The van der Waals surface area contributed by atoms with Crippen LogP contribution in [-0.2, 0) is 6.11 Å². The first kappa shape index (κ1) is 30.1. The normalized spacial score (nSPS) is 17.2. The Morgan fingerprint density at radius 2 is 1.34 bits per heavy atom. The minimum Gasteiger partial charge on any atom is -0.494 e. The quantitative estimate of drug-likeness (QED) is 0.184. The number of hydrogen-bond donors (Lipinski definition) is 0. The van der Waals surface area contributed by atoms with Crippen LogP contribution in [0.15, 0.2) is 60.6 Å². The Kier molecular flexibility index (Phi) is 9.08. The number of rotatable bonds is 9. The van der Waals surface area contributed by atoms with Gasteiger partial charge in [-0.3, -0.25) is 0 Å². The average Bonchev–Trinajstić information content (AvgIpc) is 2.89. The summed E-state index contributed by atoms with van der Waals surface area (Å²) >= 11 is 0. The third-order valence-corrected chi connectivity index (χ3v) is 6.77. The molecule has 1 saturated carbocycles. The van der Waals surface area contributed by atoms with Crippen LogP contribution >= 0.6 is 0 Å². The van der Waals surface area contributed by atoms with Gasteiger partial charge >= 0.3 is 18.2 Å². The second kappa shape index (κ2) is 12.4. The third kappa shape index (κ3) is 6.91. The van der Waals surface area contributed by atoms with Crippen LogP contribution in [0, 0.1) is 23.3 Å². The number of alkyl halides is 2. The fraction of sp³-hybridized carbons (Fsp3) is 0.310. The molecule has 0 spiro atoms. The van der Waals surface area contributed by atoms with E-state index in [4.69, 9.17) is 4.74 Å². The molecule has 12 heteroatoms. The van der Waals surface area contributed by atoms with E-state index < -0.39 is 58.5 Å². The van der Waals surface area contributed by atoms with Crippen LogP contribution < -0.4 is 14.2 Å². The molecule has 0 aliphatic heterocycles. The largest absolute Gasteiger partial charge is 0.494 e.